The Kier molecular flexibility index (Phi) is 3.80. The SMILES string of the molecule is Cc1cccc(C2(COc3cnc(C)nc3C)CC2C(=O)O)c1. The Morgan fingerprint density at radius 2 is 2.17 bits per heavy atom. The minimum Gasteiger partial charge on any atom is -0.489 e. The van der Waals surface area contributed by atoms with Gasteiger partial charge in [0.25, 0.3) is 0 Å². The van der Waals surface area contributed by atoms with Crippen LogP contribution in [0.2, 0.25) is 0 Å². The predicted octanol–water partition coefficient (Wildman–Crippen LogP) is 2.82. The third-order valence-corrected chi connectivity index (χ3v) is 4.51. The molecule has 0 aliphatic heterocycles. The van der Waals surface area contributed by atoms with Crippen molar-refractivity contribution in [3.8, 4) is 5.75 Å². The number of aromatic nitrogens is 2. The molecule has 1 fully saturated rings. The molecule has 0 bridgehead atoms. The van der Waals surface area contributed by atoms with Gasteiger partial charge >= 0.3 is 5.97 Å². The second-order valence-electron chi connectivity index (χ2n) is 6.28. The molecule has 2 aromatic rings. The number of nitrogens with zero attached hydrogens (tertiary/aromatic N) is 2. The summed E-state index contributed by atoms with van der Waals surface area (Å²) in [5.41, 5.74) is 2.45. The van der Waals surface area contributed by atoms with Crippen molar-refractivity contribution in [3.05, 3.63) is 53.1 Å². The van der Waals surface area contributed by atoms with Crippen LogP contribution in [0.25, 0.3) is 0 Å². The number of hydrogen-bond acceptors (Lipinski definition) is 4. The molecule has 5 nitrogen and oxygen atoms in total. The summed E-state index contributed by atoms with van der Waals surface area (Å²) in [5, 5.41) is 9.43. The number of rotatable bonds is 5. The molecule has 1 aliphatic carbocycles. The molecule has 5 heteroatoms. The van der Waals surface area contributed by atoms with Crippen LogP contribution in [0.15, 0.2) is 30.5 Å². The Labute approximate surface area is 135 Å². The summed E-state index contributed by atoms with van der Waals surface area (Å²) in [5.74, 6) is 0.125. The molecular weight excluding hydrogens is 292 g/mol. The molecule has 2 atom stereocenters. The van der Waals surface area contributed by atoms with Crippen LogP contribution in [0.5, 0.6) is 5.75 Å². The van der Waals surface area contributed by atoms with Crippen molar-refractivity contribution in [2.75, 3.05) is 6.61 Å². The summed E-state index contributed by atoms with van der Waals surface area (Å²) in [6, 6.07) is 8.00. The number of aryl methyl sites for hydroxylation is 3. The van der Waals surface area contributed by atoms with E-state index in [-0.39, 0.29) is 0 Å². The third kappa shape index (κ3) is 2.91. The first-order valence-corrected chi connectivity index (χ1v) is 7.65. The van der Waals surface area contributed by atoms with E-state index >= 15 is 0 Å². The van der Waals surface area contributed by atoms with Crippen molar-refractivity contribution >= 4 is 5.97 Å². The fraction of sp³-hybridized carbons (Fsp3) is 0.389. The van der Waals surface area contributed by atoms with Crippen molar-refractivity contribution in [3.63, 3.8) is 0 Å². The van der Waals surface area contributed by atoms with Gasteiger partial charge in [-0.15, -0.1) is 0 Å². The Balaban J connectivity index is 1.85. The lowest BCUT2D eigenvalue weighted by Crippen LogP contribution is -2.24. The zero-order chi connectivity index (χ0) is 16.6. The quantitative estimate of drug-likeness (QED) is 0.919. The molecule has 1 aromatic carbocycles. The van der Waals surface area contributed by atoms with Crippen LogP contribution in [-0.2, 0) is 10.2 Å². The van der Waals surface area contributed by atoms with Crippen molar-refractivity contribution in [1.82, 2.24) is 9.97 Å². The van der Waals surface area contributed by atoms with Crippen molar-refractivity contribution in [2.45, 2.75) is 32.6 Å². The van der Waals surface area contributed by atoms with E-state index < -0.39 is 17.3 Å². The van der Waals surface area contributed by atoms with Crippen LogP contribution in [0.3, 0.4) is 0 Å². The number of benzene rings is 1. The monoisotopic (exact) mass is 312 g/mol. The van der Waals surface area contributed by atoms with Crippen LogP contribution in [0.4, 0.5) is 0 Å². The van der Waals surface area contributed by atoms with Gasteiger partial charge in [-0.25, -0.2) is 9.97 Å². The summed E-state index contributed by atoms with van der Waals surface area (Å²) < 4.78 is 5.91. The molecule has 1 aliphatic rings. The number of ether oxygens (including phenoxy) is 1. The summed E-state index contributed by atoms with van der Waals surface area (Å²) in [7, 11) is 0. The lowest BCUT2D eigenvalue weighted by Gasteiger charge is -2.19. The molecule has 1 aromatic heterocycles. The molecule has 120 valence electrons. The van der Waals surface area contributed by atoms with Gasteiger partial charge in [0.1, 0.15) is 5.82 Å². The zero-order valence-corrected chi connectivity index (χ0v) is 13.5. The number of aliphatic carboxylic acids is 1. The molecule has 0 amide bonds. The summed E-state index contributed by atoms with van der Waals surface area (Å²) in [6.45, 7) is 6.02. The second kappa shape index (κ2) is 5.65. The van der Waals surface area contributed by atoms with Gasteiger partial charge in [-0.3, -0.25) is 4.79 Å². The maximum atomic E-state index is 11.5. The average Bonchev–Trinajstić information content (AvgIpc) is 3.23. The van der Waals surface area contributed by atoms with E-state index in [9.17, 15) is 9.90 Å². The van der Waals surface area contributed by atoms with Crippen molar-refractivity contribution in [2.24, 2.45) is 5.92 Å². The largest absolute Gasteiger partial charge is 0.489 e. The standard InChI is InChI=1S/C18H20N2O3/c1-11-5-4-6-14(7-11)18(8-15(18)17(21)22)10-23-16-9-19-13(3)20-12(16)2/h4-7,9,15H,8,10H2,1-3H3,(H,21,22). The fourth-order valence-electron chi connectivity index (χ4n) is 3.07. The minimum atomic E-state index is -0.771. The van der Waals surface area contributed by atoms with Gasteiger partial charge < -0.3 is 9.84 Å². The Bertz CT molecular complexity index is 760. The van der Waals surface area contributed by atoms with Gasteiger partial charge in [0.2, 0.25) is 0 Å². The Morgan fingerprint density at radius 3 is 2.78 bits per heavy atom. The summed E-state index contributed by atoms with van der Waals surface area (Å²) in [4.78, 5) is 19.9. The highest BCUT2D eigenvalue weighted by Crippen LogP contribution is 2.54. The van der Waals surface area contributed by atoms with Crippen LogP contribution in [0.1, 0.15) is 29.1 Å². The first-order valence-electron chi connectivity index (χ1n) is 7.65. The van der Waals surface area contributed by atoms with Gasteiger partial charge in [-0.2, -0.15) is 0 Å². The van der Waals surface area contributed by atoms with E-state index in [0.717, 1.165) is 16.8 Å². The number of carbonyl (C=O) groups is 1. The molecule has 1 heterocycles. The highest BCUT2D eigenvalue weighted by atomic mass is 16.5. The van der Waals surface area contributed by atoms with Crippen molar-refractivity contribution < 1.29 is 14.6 Å². The third-order valence-electron chi connectivity index (χ3n) is 4.51. The molecule has 0 radical (unpaired) electrons. The first-order chi connectivity index (χ1) is 10.9. The topological polar surface area (TPSA) is 72.3 Å². The molecule has 23 heavy (non-hydrogen) atoms. The predicted molar refractivity (Wildman–Crippen MR) is 85.6 cm³/mol. The molecular formula is C18H20N2O3. The van der Waals surface area contributed by atoms with E-state index in [1.165, 1.54) is 0 Å². The number of carboxylic acid groups (broad SMARTS) is 1. The van der Waals surface area contributed by atoms with Crippen LogP contribution in [-0.4, -0.2) is 27.7 Å². The minimum absolute atomic E-state index is 0.320. The molecule has 2 unspecified atom stereocenters. The van der Waals surface area contributed by atoms with Gasteiger partial charge in [-0.05, 0) is 32.8 Å². The Morgan fingerprint density at radius 1 is 1.39 bits per heavy atom. The van der Waals surface area contributed by atoms with E-state index in [1.807, 2.05) is 45.0 Å². The van der Waals surface area contributed by atoms with Gasteiger partial charge in [0.15, 0.2) is 5.75 Å². The number of carboxylic acids is 1. The molecule has 1 saturated carbocycles. The van der Waals surface area contributed by atoms with Gasteiger partial charge in [-0.1, -0.05) is 29.8 Å². The summed E-state index contributed by atoms with van der Waals surface area (Å²) >= 11 is 0. The van der Waals surface area contributed by atoms with Crippen LogP contribution < -0.4 is 4.74 Å². The van der Waals surface area contributed by atoms with E-state index in [4.69, 9.17) is 4.74 Å². The maximum Gasteiger partial charge on any atom is 0.307 e. The maximum absolute atomic E-state index is 11.5. The lowest BCUT2D eigenvalue weighted by atomic mass is 9.92. The van der Waals surface area contributed by atoms with Crippen LogP contribution in [0, 0.1) is 26.7 Å². The van der Waals surface area contributed by atoms with Crippen molar-refractivity contribution in [1.29, 1.82) is 0 Å². The smallest absolute Gasteiger partial charge is 0.307 e. The van der Waals surface area contributed by atoms with E-state index in [2.05, 4.69) is 9.97 Å². The first kappa shape index (κ1) is 15.5. The molecule has 1 N–H and O–H groups in total. The number of hydrogen-bond donors (Lipinski definition) is 1. The highest BCUT2D eigenvalue weighted by Gasteiger charge is 2.60. The molecule has 0 spiro atoms. The van der Waals surface area contributed by atoms with Gasteiger partial charge in [0, 0.05) is 5.41 Å². The lowest BCUT2D eigenvalue weighted by molar-refractivity contribution is -0.139. The fourth-order valence-corrected chi connectivity index (χ4v) is 3.07. The average molecular weight is 312 g/mol. The Hall–Kier alpha value is -2.43. The zero-order valence-electron chi connectivity index (χ0n) is 13.5. The van der Waals surface area contributed by atoms with E-state index in [0.29, 0.717) is 24.6 Å². The van der Waals surface area contributed by atoms with Crippen LogP contribution >= 0.6 is 0 Å². The molecule has 0 saturated heterocycles. The molecule has 3 rings (SSSR count). The van der Waals surface area contributed by atoms with E-state index in [1.54, 1.807) is 6.20 Å². The van der Waals surface area contributed by atoms with Gasteiger partial charge in [0.05, 0.1) is 24.4 Å². The second-order valence-corrected chi connectivity index (χ2v) is 6.28. The normalized spacial score (nSPS) is 22.7. The highest BCUT2D eigenvalue weighted by molar-refractivity contribution is 5.77. The summed E-state index contributed by atoms with van der Waals surface area (Å²) in [6.07, 6.45) is 2.25.